The number of carbonyl (C=O) groups is 2. The third-order valence-electron chi connectivity index (χ3n) is 4.34. The molecule has 0 saturated carbocycles. The third kappa shape index (κ3) is 3.60. The number of aromatic nitrogens is 1. The molecule has 2 N–H and O–H groups in total. The number of carbonyl (C=O) groups excluding carboxylic acids is 2. The molecule has 1 aromatic heterocycles. The normalized spacial score (nSPS) is 18.0. The minimum absolute atomic E-state index is 0.0391. The lowest BCUT2D eigenvalue weighted by molar-refractivity contribution is -0.119. The number of halogens is 1. The first-order valence-electron chi connectivity index (χ1n) is 8.36. The van der Waals surface area contributed by atoms with Crippen molar-refractivity contribution in [1.82, 2.24) is 15.4 Å². The molecule has 3 rings (SSSR count). The van der Waals surface area contributed by atoms with Crippen molar-refractivity contribution < 1.29 is 23.6 Å². The number of amides is 2. The number of nitrogens with one attached hydrogen (secondary N) is 1. The zero-order valence-electron chi connectivity index (χ0n) is 14.5. The van der Waals surface area contributed by atoms with Gasteiger partial charge in [-0.15, -0.1) is 0 Å². The van der Waals surface area contributed by atoms with Crippen molar-refractivity contribution in [3.05, 3.63) is 41.4 Å². The highest BCUT2D eigenvalue weighted by atomic mass is 19.1. The number of aliphatic hydroxyl groups excluding tert-OH is 1. The Balaban J connectivity index is 1.87. The van der Waals surface area contributed by atoms with E-state index in [0.29, 0.717) is 30.8 Å². The van der Waals surface area contributed by atoms with E-state index >= 15 is 0 Å². The van der Waals surface area contributed by atoms with Crippen molar-refractivity contribution >= 4 is 11.8 Å². The minimum atomic E-state index is -0.992. The quantitative estimate of drug-likeness (QED) is 0.867. The van der Waals surface area contributed by atoms with Gasteiger partial charge in [0, 0.05) is 31.6 Å². The van der Waals surface area contributed by atoms with Gasteiger partial charge in [-0.3, -0.25) is 9.59 Å². The highest BCUT2D eigenvalue weighted by molar-refractivity contribution is 5.95. The first-order chi connectivity index (χ1) is 12.4. The van der Waals surface area contributed by atoms with E-state index in [1.54, 1.807) is 4.90 Å². The molecular formula is C18H20FN3O4. The summed E-state index contributed by atoms with van der Waals surface area (Å²) >= 11 is 0. The molecule has 1 aliphatic heterocycles. The smallest absolute Gasteiger partial charge is 0.292 e. The first kappa shape index (κ1) is 18.1. The fourth-order valence-corrected chi connectivity index (χ4v) is 3.15. The summed E-state index contributed by atoms with van der Waals surface area (Å²) in [5.74, 6) is -0.974. The molecule has 7 nitrogen and oxygen atoms in total. The van der Waals surface area contributed by atoms with E-state index in [9.17, 15) is 19.1 Å². The molecule has 8 heteroatoms. The molecular weight excluding hydrogens is 341 g/mol. The summed E-state index contributed by atoms with van der Waals surface area (Å²) in [6.45, 7) is 3.78. The van der Waals surface area contributed by atoms with Gasteiger partial charge >= 0.3 is 0 Å². The summed E-state index contributed by atoms with van der Waals surface area (Å²) in [5, 5.41) is 16.9. The Bertz CT molecular complexity index is 816. The highest BCUT2D eigenvalue weighted by Crippen LogP contribution is 2.32. The largest absolute Gasteiger partial charge is 0.388 e. The average molecular weight is 361 g/mol. The van der Waals surface area contributed by atoms with E-state index < -0.39 is 17.8 Å². The molecule has 1 aliphatic rings. The van der Waals surface area contributed by atoms with Gasteiger partial charge in [0.15, 0.2) is 0 Å². The van der Waals surface area contributed by atoms with Gasteiger partial charge < -0.3 is 19.8 Å². The van der Waals surface area contributed by atoms with Crippen LogP contribution in [0.25, 0.3) is 11.3 Å². The predicted molar refractivity (Wildman–Crippen MR) is 90.7 cm³/mol. The predicted octanol–water partition coefficient (Wildman–Crippen LogP) is 1.88. The molecule has 2 unspecified atom stereocenters. The maximum absolute atomic E-state index is 13.1. The Hall–Kier alpha value is -2.74. The summed E-state index contributed by atoms with van der Waals surface area (Å²) in [4.78, 5) is 25.5. The molecule has 2 aromatic rings. The lowest BCUT2D eigenvalue weighted by atomic mass is 10.0. The maximum atomic E-state index is 13.1. The van der Waals surface area contributed by atoms with Crippen LogP contribution in [-0.4, -0.2) is 46.1 Å². The van der Waals surface area contributed by atoms with Crippen LogP contribution >= 0.6 is 0 Å². The van der Waals surface area contributed by atoms with Gasteiger partial charge in [0.1, 0.15) is 11.5 Å². The van der Waals surface area contributed by atoms with Crippen LogP contribution in [0.5, 0.6) is 0 Å². The first-order valence-corrected chi connectivity index (χ1v) is 8.36. The van der Waals surface area contributed by atoms with E-state index in [1.165, 1.54) is 38.1 Å². The van der Waals surface area contributed by atoms with E-state index in [-0.39, 0.29) is 23.3 Å². The van der Waals surface area contributed by atoms with Crippen LogP contribution in [0.4, 0.5) is 4.39 Å². The van der Waals surface area contributed by atoms with Gasteiger partial charge in [-0.2, -0.15) is 0 Å². The van der Waals surface area contributed by atoms with Crippen molar-refractivity contribution in [3.8, 4) is 11.3 Å². The molecule has 1 aromatic carbocycles. The lowest BCUT2D eigenvalue weighted by Gasteiger charge is -2.16. The monoisotopic (exact) mass is 361 g/mol. The molecule has 138 valence electrons. The van der Waals surface area contributed by atoms with Crippen LogP contribution in [0, 0.1) is 5.82 Å². The molecule has 2 heterocycles. The van der Waals surface area contributed by atoms with Gasteiger partial charge in [-0.05, 0) is 37.6 Å². The number of rotatable bonds is 4. The summed E-state index contributed by atoms with van der Waals surface area (Å²) in [5.41, 5.74) is 1.12. The number of benzene rings is 1. The average Bonchev–Trinajstić information content (AvgIpc) is 3.21. The Kier molecular flexibility index (Phi) is 5.03. The maximum Gasteiger partial charge on any atom is 0.292 e. The summed E-state index contributed by atoms with van der Waals surface area (Å²) < 4.78 is 18.4. The van der Waals surface area contributed by atoms with Crippen LogP contribution in [0.1, 0.15) is 42.5 Å². The highest BCUT2D eigenvalue weighted by Gasteiger charge is 2.33. The van der Waals surface area contributed by atoms with Crippen LogP contribution < -0.4 is 5.32 Å². The second kappa shape index (κ2) is 7.25. The third-order valence-corrected chi connectivity index (χ3v) is 4.34. The molecule has 1 fully saturated rings. The molecule has 0 aliphatic carbocycles. The van der Waals surface area contributed by atoms with Gasteiger partial charge in [-0.25, -0.2) is 4.39 Å². The van der Waals surface area contributed by atoms with Gasteiger partial charge in [0.05, 0.1) is 11.7 Å². The van der Waals surface area contributed by atoms with Crippen LogP contribution in [-0.2, 0) is 4.79 Å². The molecule has 2 amide bonds. The van der Waals surface area contributed by atoms with Gasteiger partial charge in [0.2, 0.25) is 11.7 Å². The minimum Gasteiger partial charge on any atom is -0.388 e. The van der Waals surface area contributed by atoms with Crippen molar-refractivity contribution in [2.75, 3.05) is 13.1 Å². The number of nitrogens with zero attached hydrogens (tertiary/aromatic N) is 2. The Morgan fingerprint density at radius 2 is 2.08 bits per heavy atom. The van der Waals surface area contributed by atoms with Crippen LogP contribution in [0.2, 0.25) is 0 Å². The van der Waals surface area contributed by atoms with E-state index in [0.717, 1.165) is 0 Å². The van der Waals surface area contributed by atoms with E-state index in [2.05, 4.69) is 10.5 Å². The summed E-state index contributed by atoms with van der Waals surface area (Å²) in [6.07, 6.45) is -0.345. The zero-order valence-corrected chi connectivity index (χ0v) is 14.5. The lowest BCUT2D eigenvalue weighted by Crippen LogP contribution is -2.37. The molecule has 26 heavy (non-hydrogen) atoms. The van der Waals surface area contributed by atoms with Crippen molar-refractivity contribution in [2.24, 2.45) is 0 Å². The van der Waals surface area contributed by atoms with Crippen molar-refractivity contribution in [3.63, 3.8) is 0 Å². The van der Waals surface area contributed by atoms with Gasteiger partial charge in [-0.1, -0.05) is 5.16 Å². The van der Waals surface area contributed by atoms with Crippen LogP contribution in [0.15, 0.2) is 28.8 Å². The number of hydrogen-bond donors (Lipinski definition) is 2. The molecule has 2 atom stereocenters. The topological polar surface area (TPSA) is 95.7 Å². The van der Waals surface area contributed by atoms with E-state index in [1.807, 2.05) is 0 Å². The Labute approximate surface area is 149 Å². The summed E-state index contributed by atoms with van der Waals surface area (Å²) in [6, 6.07) is 5.46. The van der Waals surface area contributed by atoms with Gasteiger partial charge in [0.25, 0.3) is 5.91 Å². The van der Waals surface area contributed by atoms with Crippen LogP contribution in [0.3, 0.4) is 0 Å². The second-order valence-corrected chi connectivity index (χ2v) is 6.39. The second-order valence-electron chi connectivity index (χ2n) is 6.39. The zero-order chi connectivity index (χ0) is 18.8. The Morgan fingerprint density at radius 3 is 2.69 bits per heavy atom. The molecule has 0 bridgehead atoms. The fraction of sp³-hybridized carbons (Fsp3) is 0.389. The Morgan fingerprint density at radius 1 is 1.38 bits per heavy atom. The molecule has 0 radical (unpaired) electrons. The number of aliphatic hydroxyl groups is 1. The molecule has 1 saturated heterocycles. The molecule has 0 spiro atoms. The SMILES string of the molecule is CC(=O)NC1CCN(C(=O)c2onc(-c3ccc(F)cc3)c2C(C)O)C1. The number of hydrogen-bond acceptors (Lipinski definition) is 5. The van der Waals surface area contributed by atoms with Crippen molar-refractivity contribution in [2.45, 2.75) is 32.4 Å². The van der Waals surface area contributed by atoms with Crippen molar-refractivity contribution in [1.29, 1.82) is 0 Å². The summed E-state index contributed by atoms with van der Waals surface area (Å²) in [7, 11) is 0. The standard InChI is InChI=1S/C18H20FN3O4/c1-10(23)15-16(12-3-5-13(19)6-4-12)21-26-17(15)18(25)22-8-7-14(9-22)20-11(2)24/h3-6,10,14,23H,7-9H2,1-2H3,(H,20,24). The fourth-order valence-electron chi connectivity index (χ4n) is 3.15. The van der Waals surface area contributed by atoms with E-state index in [4.69, 9.17) is 4.52 Å². The number of likely N-dealkylation sites (tertiary alicyclic amines) is 1.